The van der Waals surface area contributed by atoms with Gasteiger partial charge in [-0.1, -0.05) is 31.4 Å². The Morgan fingerprint density at radius 2 is 1.86 bits per heavy atom. The normalized spacial score (nSPS) is 15.9. The first-order chi connectivity index (χ1) is 10.1. The molecular weight excluding hydrogens is 280 g/mol. The van der Waals surface area contributed by atoms with Gasteiger partial charge in [0.1, 0.15) is 0 Å². The maximum atomic E-state index is 5.26. The van der Waals surface area contributed by atoms with Crippen LogP contribution in [0, 0.1) is 0 Å². The van der Waals surface area contributed by atoms with Gasteiger partial charge in [-0.15, -0.1) is 0 Å². The molecule has 4 nitrogen and oxygen atoms in total. The molecule has 0 unspecified atom stereocenters. The smallest absolute Gasteiger partial charge is 0.187 e. The van der Waals surface area contributed by atoms with Gasteiger partial charge in [0.25, 0.3) is 0 Å². The fourth-order valence-electron chi connectivity index (χ4n) is 2.49. The minimum absolute atomic E-state index is 0.508. The van der Waals surface area contributed by atoms with Gasteiger partial charge in [-0.05, 0) is 42.8 Å². The molecule has 0 radical (unpaired) electrons. The molecule has 21 heavy (non-hydrogen) atoms. The highest BCUT2D eigenvalue weighted by Crippen LogP contribution is 2.17. The van der Waals surface area contributed by atoms with Crippen LogP contribution < -0.4 is 15.6 Å². The van der Waals surface area contributed by atoms with Crippen LogP contribution in [0.15, 0.2) is 29.4 Å². The van der Waals surface area contributed by atoms with E-state index in [1.165, 1.54) is 37.8 Å². The van der Waals surface area contributed by atoms with Crippen molar-refractivity contribution in [2.75, 3.05) is 19.0 Å². The molecule has 2 N–H and O–H groups in total. The number of rotatable bonds is 4. The van der Waals surface area contributed by atoms with Gasteiger partial charge in [0.2, 0.25) is 0 Å². The van der Waals surface area contributed by atoms with Crippen molar-refractivity contribution in [2.45, 2.75) is 38.1 Å². The third kappa shape index (κ3) is 5.34. The Labute approximate surface area is 132 Å². The van der Waals surface area contributed by atoms with E-state index in [1.807, 2.05) is 26.2 Å². The topological polar surface area (TPSA) is 39.7 Å². The summed E-state index contributed by atoms with van der Waals surface area (Å²) in [6.07, 6.45) is 8.13. The summed E-state index contributed by atoms with van der Waals surface area (Å²) in [6, 6.07) is 8.73. The molecule has 2 rings (SSSR count). The number of benzene rings is 1. The van der Waals surface area contributed by atoms with Crippen molar-refractivity contribution in [1.82, 2.24) is 10.7 Å². The number of hydrogen-bond donors (Lipinski definition) is 2. The van der Waals surface area contributed by atoms with Crippen molar-refractivity contribution in [3.8, 4) is 0 Å². The summed E-state index contributed by atoms with van der Waals surface area (Å²) in [4.78, 5) is 2.07. The molecule has 0 amide bonds. The van der Waals surface area contributed by atoms with Gasteiger partial charge in [-0.25, -0.2) is 0 Å². The van der Waals surface area contributed by atoms with Crippen LogP contribution in [0.25, 0.3) is 0 Å². The second kappa shape index (κ2) is 7.98. The molecule has 5 heteroatoms. The summed E-state index contributed by atoms with van der Waals surface area (Å²) in [5, 5.41) is 8.13. The number of anilines is 1. The summed E-state index contributed by atoms with van der Waals surface area (Å²) < 4.78 is 0. The molecule has 0 spiro atoms. The predicted octanol–water partition coefficient (Wildman–Crippen LogP) is 2.88. The summed E-state index contributed by atoms with van der Waals surface area (Å²) in [5.41, 5.74) is 5.12. The standard InChI is InChI=1S/C16H24N4S/c1-20(2)15-10-8-13(9-11-15)12-17-19-16(21)18-14-6-4-3-5-7-14/h8-12,14H,3-7H2,1-2H3,(H2,18,19,21)/b17-12+. The van der Waals surface area contributed by atoms with E-state index in [0.717, 1.165) is 5.56 Å². The second-order valence-corrected chi connectivity index (χ2v) is 6.07. The monoisotopic (exact) mass is 304 g/mol. The van der Waals surface area contributed by atoms with Crippen molar-refractivity contribution in [3.05, 3.63) is 29.8 Å². The number of hydrogen-bond acceptors (Lipinski definition) is 3. The lowest BCUT2D eigenvalue weighted by molar-refractivity contribution is 0.412. The van der Waals surface area contributed by atoms with Crippen LogP contribution >= 0.6 is 12.2 Å². The van der Waals surface area contributed by atoms with E-state index < -0.39 is 0 Å². The van der Waals surface area contributed by atoms with Crippen LogP contribution in [-0.4, -0.2) is 31.5 Å². The molecule has 1 aliphatic rings. The first-order valence-corrected chi connectivity index (χ1v) is 7.93. The molecule has 0 heterocycles. The van der Waals surface area contributed by atoms with Crippen molar-refractivity contribution < 1.29 is 0 Å². The van der Waals surface area contributed by atoms with Gasteiger partial charge in [0, 0.05) is 25.8 Å². The number of hydrazone groups is 1. The van der Waals surface area contributed by atoms with E-state index in [2.05, 4.69) is 32.9 Å². The van der Waals surface area contributed by atoms with Crippen molar-refractivity contribution >= 4 is 29.2 Å². The fraction of sp³-hybridized carbons (Fsp3) is 0.500. The maximum Gasteiger partial charge on any atom is 0.187 e. The van der Waals surface area contributed by atoms with Gasteiger partial charge >= 0.3 is 0 Å². The lowest BCUT2D eigenvalue weighted by Crippen LogP contribution is -2.40. The third-order valence-electron chi connectivity index (χ3n) is 3.73. The Bertz CT molecular complexity index is 476. The van der Waals surface area contributed by atoms with Crippen molar-refractivity contribution in [1.29, 1.82) is 0 Å². The Morgan fingerprint density at radius 3 is 2.48 bits per heavy atom. The van der Waals surface area contributed by atoms with Crippen molar-refractivity contribution in [3.63, 3.8) is 0 Å². The molecule has 0 aromatic heterocycles. The molecule has 1 aromatic carbocycles. The van der Waals surface area contributed by atoms with Gasteiger partial charge < -0.3 is 10.2 Å². The van der Waals surface area contributed by atoms with Crippen molar-refractivity contribution in [2.24, 2.45) is 5.10 Å². The maximum absolute atomic E-state index is 5.26. The van der Waals surface area contributed by atoms with Gasteiger partial charge in [0.15, 0.2) is 5.11 Å². The SMILES string of the molecule is CN(C)c1ccc(/C=N/NC(=S)NC2CCCCC2)cc1. The van der Waals surface area contributed by atoms with Crippen LogP contribution in [0.2, 0.25) is 0 Å². The molecule has 1 fully saturated rings. The molecule has 0 aliphatic heterocycles. The first kappa shape index (κ1) is 15.8. The van der Waals surface area contributed by atoms with Crippen LogP contribution in [0.1, 0.15) is 37.7 Å². The number of nitrogens with zero attached hydrogens (tertiary/aromatic N) is 2. The van der Waals surface area contributed by atoms with E-state index in [0.29, 0.717) is 11.2 Å². The summed E-state index contributed by atoms with van der Waals surface area (Å²) >= 11 is 5.26. The van der Waals surface area contributed by atoms with Gasteiger partial charge in [-0.2, -0.15) is 5.10 Å². The summed E-state index contributed by atoms with van der Waals surface area (Å²) in [6.45, 7) is 0. The quantitative estimate of drug-likeness (QED) is 0.510. The molecule has 1 aromatic rings. The van der Waals surface area contributed by atoms with E-state index in [1.54, 1.807) is 6.21 Å². The Hall–Kier alpha value is -1.62. The molecule has 1 saturated carbocycles. The Kier molecular flexibility index (Phi) is 5.99. The fourth-order valence-corrected chi connectivity index (χ4v) is 2.71. The van der Waals surface area contributed by atoms with E-state index in [4.69, 9.17) is 12.2 Å². The first-order valence-electron chi connectivity index (χ1n) is 7.52. The Balaban J connectivity index is 1.77. The summed E-state index contributed by atoms with van der Waals surface area (Å²) in [7, 11) is 4.06. The molecule has 0 atom stereocenters. The number of nitrogens with one attached hydrogen (secondary N) is 2. The minimum atomic E-state index is 0.508. The highest BCUT2D eigenvalue weighted by atomic mass is 32.1. The van der Waals surface area contributed by atoms with E-state index in [9.17, 15) is 0 Å². The lowest BCUT2D eigenvalue weighted by atomic mass is 9.96. The zero-order valence-corrected chi connectivity index (χ0v) is 13.6. The highest BCUT2D eigenvalue weighted by molar-refractivity contribution is 7.80. The second-order valence-electron chi connectivity index (χ2n) is 5.66. The van der Waals surface area contributed by atoms with Gasteiger partial charge in [0.05, 0.1) is 6.21 Å². The Morgan fingerprint density at radius 1 is 1.19 bits per heavy atom. The van der Waals surface area contributed by atoms with Crippen LogP contribution in [0.3, 0.4) is 0 Å². The van der Waals surface area contributed by atoms with Crippen LogP contribution in [-0.2, 0) is 0 Å². The number of thiocarbonyl (C=S) groups is 1. The van der Waals surface area contributed by atoms with E-state index in [-0.39, 0.29) is 0 Å². The average Bonchev–Trinajstić information content (AvgIpc) is 2.49. The van der Waals surface area contributed by atoms with Crippen LogP contribution in [0.4, 0.5) is 5.69 Å². The van der Waals surface area contributed by atoms with Gasteiger partial charge in [-0.3, -0.25) is 5.43 Å². The average molecular weight is 304 g/mol. The minimum Gasteiger partial charge on any atom is -0.378 e. The third-order valence-corrected chi connectivity index (χ3v) is 3.94. The van der Waals surface area contributed by atoms with E-state index >= 15 is 0 Å². The zero-order valence-electron chi connectivity index (χ0n) is 12.8. The summed E-state index contributed by atoms with van der Waals surface area (Å²) in [5.74, 6) is 0. The molecule has 0 bridgehead atoms. The highest BCUT2D eigenvalue weighted by Gasteiger charge is 2.13. The predicted molar refractivity (Wildman–Crippen MR) is 94.1 cm³/mol. The molecular formula is C16H24N4S. The molecule has 0 saturated heterocycles. The largest absolute Gasteiger partial charge is 0.378 e. The molecule has 1 aliphatic carbocycles. The lowest BCUT2D eigenvalue weighted by Gasteiger charge is -2.23. The molecule has 114 valence electrons. The zero-order chi connectivity index (χ0) is 15.1. The van der Waals surface area contributed by atoms with Crippen LogP contribution in [0.5, 0.6) is 0 Å².